The second-order valence-electron chi connectivity index (χ2n) is 3.08. The lowest BCUT2D eigenvalue weighted by atomic mass is 10.2. The first-order valence-electron chi connectivity index (χ1n) is 4.16. The zero-order valence-electron chi connectivity index (χ0n) is 7.65. The number of primary amides is 1. The van der Waals surface area contributed by atoms with Crippen molar-refractivity contribution in [3.05, 3.63) is 24.0 Å². The highest BCUT2D eigenvalue weighted by Crippen LogP contribution is 2.15. The molecule has 15 heavy (non-hydrogen) atoms. The van der Waals surface area contributed by atoms with E-state index in [4.69, 9.17) is 11.5 Å². The van der Waals surface area contributed by atoms with Gasteiger partial charge in [-0.1, -0.05) is 0 Å². The quantitative estimate of drug-likeness (QED) is 0.464. The summed E-state index contributed by atoms with van der Waals surface area (Å²) in [6, 6.07) is 3.14. The molecule has 0 aliphatic rings. The number of nitrogen functional groups attached to an aromatic ring is 1. The fourth-order valence-corrected chi connectivity index (χ4v) is 1.29. The number of nitrogens with one attached hydrogen (secondary N) is 1. The lowest BCUT2D eigenvalue weighted by Crippen LogP contribution is -2.23. The molecule has 0 aromatic carbocycles. The van der Waals surface area contributed by atoms with Gasteiger partial charge >= 0.3 is 0 Å². The lowest BCUT2D eigenvalue weighted by Gasteiger charge is -1.90. The molecule has 2 aromatic rings. The summed E-state index contributed by atoms with van der Waals surface area (Å²) in [5.74, 6) is -1.78. The van der Waals surface area contributed by atoms with Crippen LogP contribution in [0.1, 0.15) is 10.5 Å². The third-order valence-electron chi connectivity index (χ3n) is 1.96. The third-order valence-corrected chi connectivity index (χ3v) is 1.96. The van der Waals surface area contributed by atoms with Crippen molar-refractivity contribution in [2.45, 2.75) is 0 Å². The summed E-state index contributed by atoms with van der Waals surface area (Å²) in [4.78, 5) is 28.5. The Kier molecular flexibility index (Phi) is 1.89. The Morgan fingerprint density at radius 3 is 2.73 bits per heavy atom. The summed E-state index contributed by atoms with van der Waals surface area (Å²) in [5, 5.41) is 0.666. The second kappa shape index (κ2) is 3.09. The number of ketones is 1. The van der Waals surface area contributed by atoms with Crippen molar-refractivity contribution in [1.82, 2.24) is 9.97 Å². The maximum absolute atomic E-state index is 11.2. The molecule has 0 fully saturated rings. The van der Waals surface area contributed by atoms with Crippen molar-refractivity contribution in [3.63, 3.8) is 0 Å². The maximum atomic E-state index is 11.2. The number of Topliss-reactive ketones (excluding diaryl/α,β-unsaturated/α-hetero) is 1. The molecular formula is C9H8N4O2. The lowest BCUT2D eigenvalue weighted by molar-refractivity contribution is -0.114. The summed E-state index contributed by atoms with van der Waals surface area (Å²) in [7, 11) is 0. The molecule has 0 unspecified atom stereocenters. The summed E-state index contributed by atoms with van der Waals surface area (Å²) >= 11 is 0. The molecule has 5 N–H and O–H groups in total. The minimum Gasteiger partial charge on any atom is -0.397 e. The van der Waals surface area contributed by atoms with Crippen LogP contribution in [-0.4, -0.2) is 21.7 Å². The molecule has 0 atom stereocenters. The smallest absolute Gasteiger partial charge is 0.291 e. The Hall–Kier alpha value is -2.37. The van der Waals surface area contributed by atoms with Crippen LogP contribution in [0, 0.1) is 0 Å². The predicted octanol–water partition coefficient (Wildman–Crippen LogP) is -0.187. The van der Waals surface area contributed by atoms with Crippen molar-refractivity contribution in [2.24, 2.45) is 5.73 Å². The first kappa shape index (κ1) is 9.20. The number of fused-ring (bicyclic) bond motifs is 1. The van der Waals surface area contributed by atoms with Gasteiger partial charge in [0.1, 0.15) is 5.65 Å². The SMILES string of the molecule is NC(=O)C(=O)c1cc2cc(N)cnc2[nH]1. The molecule has 0 bridgehead atoms. The first-order chi connectivity index (χ1) is 7.08. The fourth-order valence-electron chi connectivity index (χ4n) is 1.29. The van der Waals surface area contributed by atoms with Crippen LogP contribution in [0.2, 0.25) is 0 Å². The van der Waals surface area contributed by atoms with Crippen molar-refractivity contribution in [2.75, 3.05) is 5.73 Å². The van der Waals surface area contributed by atoms with E-state index < -0.39 is 11.7 Å². The van der Waals surface area contributed by atoms with Crippen LogP contribution >= 0.6 is 0 Å². The molecule has 2 rings (SSSR count). The number of pyridine rings is 1. The number of carbonyl (C=O) groups excluding carboxylic acids is 2. The van der Waals surface area contributed by atoms with Gasteiger partial charge in [-0.3, -0.25) is 9.59 Å². The van der Waals surface area contributed by atoms with Gasteiger partial charge in [0.2, 0.25) is 0 Å². The van der Waals surface area contributed by atoms with E-state index in [1.807, 2.05) is 0 Å². The van der Waals surface area contributed by atoms with Gasteiger partial charge in [-0.2, -0.15) is 0 Å². The Morgan fingerprint density at radius 1 is 1.33 bits per heavy atom. The van der Waals surface area contributed by atoms with Crippen molar-refractivity contribution in [3.8, 4) is 0 Å². The van der Waals surface area contributed by atoms with E-state index in [9.17, 15) is 9.59 Å². The molecule has 6 nitrogen and oxygen atoms in total. The fraction of sp³-hybridized carbons (Fsp3) is 0. The predicted molar refractivity (Wildman–Crippen MR) is 54.0 cm³/mol. The third kappa shape index (κ3) is 1.52. The summed E-state index contributed by atoms with van der Waals surface area (Å²) in [5.41, 5.74) is 11.5. The van der Waals surface area contributed by atoms with E-state index in [1.54, 1.807) is 6.07 Å². The molecule has 2 heterocycles. The molecule has 1 amide bonds. The Morgan fingerprint density at radius 2 is 2.07 bits per heavy atom. The number of rotatable bonds is 2. The topological polar surface area (TPSA) is 115 Å². The van der Waals surface area contributed by atoms with Gasteiger partial charge < -0.3 is 16.5 Å². The zero-order chi connectivity index (χ0) is 11.0. The number of H-pyrrole nitrogens is 1. The van der Waals surface area contributed by atoms with Crippen LogP contribution in [-0.2, 0) is 4.79 Å². The highest BCUT2D eigenvalue weighted by Gasteiger charge is 2.15. The molecule has 0 saturated heterocycles. The Labute approximate surface area is 84.3 Å². The number of nitrogens with two attached hydrogens (primary N) is 2. The van der Waals surface area contributed by atoms with Crippen molar-refractivity contribution in [1.29, 1.82) is 0 Å². The normalized spacial score (nSPS) is 10.4. The van der Waals surface area contributed by atoms with E-state index in [1.165, 1.54) is 12.3 Å². The molecule has 0 radical (unpaired) electrons. The summed E-state index contributed by atoms with van der Waals surface area (Å²) in [6.45, 7) is 0. The van der Waals surface area contributed by atoms with Gasteiger partial charge in [0.05, 0.1) is 17.6 Å². The Bertz CT molecular complexity index is 558. The van der Waals surface area contributed by atoms with E-state index in [2.05, 4.69) is 9.97 Å². The van der Waals surface area contributed by atoms with Gasteiger partial charge in [-0.05, 0) is 12.1 Å². The largest absolute Gasteiger partial charge is 0.397 e. The van der Waals surface area contributed by atoms with E-state index in [0.717, 1.165) is 0 Å². The minimum absolute atomic E-state index is 0.121. The molecule has 0 saturated carbocycles. The van der Waals surface area contributed by atoms with Crippen LogP contribution in [0.5, 0.6) is 0 Å². The van der Waals surface area contributed by atoms with E-state index in [-0.39, 0.29) is 5.69 Å². The molecule has 0 aliphatic heterocycles. The highest BCUT2D eigenvalue weighted by atomic mass is 16.2. The van der Waals surface area contributed by atoms with Crippen LogP contribution in [0.3, 0.4) is 0 Å². The van der Waals surface area contributed by atoms with Gasteiger partial charge in [0, 0.05) is 5.39 Å². The van der Waals surface area contributed by atoms with Crippen LogP contribution in [0.25, 0.3) is 11.0 Å². The molecule has 76 valence electrons. The van der Waals surface area contributed by atoms with E-state index >= 15 is 0 Å². The van der Waals surface area contributed by atoms with Crippen molar-refractivity contribution >= 4 is 28.4 Å². The molecule has 2 aromatic heterocycles. The number of carbonyl (C=O) groups is 2. The number of hydrogen-bond acceptors (Lipinski definition) is 4. The Balaban J connectivity index is 2.56. The summed E-state index contributed by atoms with van der Waals surface area (Å²) in [6.07, 6.45) is 1.46. The number of hydrogen-bond donors (Lipinski definition) is 3. The average Bonchev–Trinajstić information content (AvgIpc) is 2.58. The molecule has 0 aliphatic carbocycles. The number of amides is 1. The highest BCUT2D eigenvalue weighted by molar-refractivity contribution is 6.42. The average molecular weight is 204 g/mol. The van der Waals surface area contributed by atoms with E-state index in [0.29, 0.717) is 16.7 Å². The van der Waals surface area contributed by atoms with Crippen LogP contribution < -0.4 is 11.5 Å². The minimum atomic E-state index is -1.01. The standard InChI is InChI=1S/C9H8N4O2/c10-5-1-4-2-6(7(14)8(11)15)13-9(4)12-3-5/h1-3H,10H2,(H2,11,15)(H,12,13). The van der Waals surface area contributed by atoms with Gasteiger partial charge in [-0.25, -0.2) is 4.98 Å². The first-order valence-corrected chi connectivity index (χ1v) is 4.16. The molecular weight excluding hydrogens is 196 g/mol. The number of aromatic nitrogens is 2. The molecule has 0 spiro atoms. The number of anilines is 1. The van der Waals surface area contributed by atoms with Crippen molar-refractivity contribution < 1.29 is 9.59 Å². The number of nitrogens with zero attached hydrogens (tertiary/aromatic N) is 1. The van der Waals surface area contributed by atoms with Crippen LogP contribution in [0.4, 0.5) is 5.69 Å². The molecule has 6 heteroatoms. The maximum Gasteiger partial charge on any atom is 0.291 e. The zero-order valence-corrected chi connectivity index (χ0v) is 7.65. The summed E-state index contributed by atoms with van der Waals surface area (Å²) < 4.78 is 0. The van der Waals surface area contributed by atoms with Crippen LogP contribution in [0.15, 0.2) is 18.3 Å². The monoisotopic (exact) mass is 204 g/mol. The van der Waals surface area contributed by atoms with Gasteiger partial charge in [-0.15, -0.1) is 0 Å². The van der Waals surface area contributed by atoms with Gasteiger partial charge in [0.25, 0.3) is 11.7 Å². The second-order valence-corrected chi connectivity index (χ2v) is 3.08. The number of aromatic amines is 1. The van der Waals surface area contributed by atoms with Gasteiger partial charge in [0.15, 0.2) is 0 Å².